The van der Waals surface area contributed by atoms with Gasteiger partial charge in [-0.2, -0.15) is 0 Å². The summed E-state index contributed by atoms with van der Waals surface area (Å²) < 4.78 is 0. The Kier molecular flexibility index (Phi) is 6.76. The van der Waals surface area contributed by atoms with Crippen LogP contribution in [-0.4, -0.2) is 62.8 Å². The number of benzene rings is 1. The number of nitrogens with one attached hydrogen (secondary N) is 1. The molecule has 29 heavy (non-hydrogen) atoms. The predicted molar refractivity (Wildman–Crippen MR) is 119 cm³/mol. The molecule has 0 aliphatic carbocycles. The van der Waals surface area contributed by atoms with Crippen molar-refractivity contribution in [3.8, 4) is 0 Å². The summed E-state index contributed by atoms with van der Waals surface area (Å²) in [5.74, 6) is 1.20. The SMILES string of the molecule is O=C(CSc1n[nH]c(C=Cc2ccccc2)n1)N1CCN(Cc2cccs2)CC1. The monoisotopic (exact) mass is 425 g/mol. The van der Waals surface area contributed by atoms with E-state index in [0.717, 1.165) is 38.3 Å². The number of aromatic amines is 1. The topological polar surface area (TPSA) is 65.1 Å². The average Bonchev–Trinajstić information content (AvgIpc) is 3.44. The highest BCUT2D eigenvalue weighted by atomic mass is 32.2. The first kappa shape index (κ1) is 19.9. The van der Waals surface area contributed by atoms with Crippen molar-refractivity contribution in [2.45, 2.75) is 11.7 Å². The molecule has 1 fully saturated rings. The molecule has 3 aromatic rings. The average molecular weight is 426 g/mol. The van der Waals surface area contributed by atoms with Gasteiger partial charge in [-0.1, -0.05) is 54.2 Å². The van der Waals surface area contributed by atoms with Gasteiger partial charge in [0.15, 0.2) is 0 Å². The highest BCUT2D eigenvalue weighted by Crippen LogP contribution is 2.17. The van der Waals surface area contributed by atoms with Crippen LogP contribution in [0.25, 0.3) is 12.2 Å². The first-order valence-electron chi connectivity index (χ1n) is 9.57. The molecular weight excluding hydrogens is 402 g/mol. The van der Waals surface area contributed by atoms with E-state index in [1.807, 2.05) is 47.4 Å². The van der Waals surface area contributed by atoms with Crippen LogP contribution in [-0.2, 0) is 11.3 Å². The van der Waals surface area contributed by atoms with Crippen LogP contribution in [0.1, 0.15) is 16.3 Å². The molecule has 0 bridgehead atoms. The molecule has 3 heterocycles. The van der Waals surface area contributed by atoms with Gasteiger partial charge in [0.2, 0.25) is 11.1 Å². The lowest BCUT2D eigenvalue weighted by Crippen LogP contribution is -2.48. The zero-order valence-corrected chi connectivity index (χ0v) is 17.7. The number of aromatic nitrogens is 3. The van der Waals surface area contributed by atoms with Crippen LogP contribution in [0.3, 0.4) is 0 Å². The maximum atomic E-state index is 12.5. The number of thioether (sulfide) groups is 1. The van der Waals surface area contributed by atoms with Crippen molar-refractivity contribution >= 4 is 41.2 Å². The Morgan fingerprint density at radius 3 is 2.69 bits per heavy atom. The maximum Gasteiger partial charge on any atom is 0.233 e. The number of amides is 1. The largest absolute Gasteiger partial charge is 0.339 e. The fraction of sp³-hybridized carbons (Fsp3) is 0.286. The Hall–Kier alpha value is -2.42. The molecule has 1 N–H and O–H groups in total. The van der Waals surface area contributed by atoms with Crippen molar-refractivity contribution in [1.29, 1.82) is 0 Å². The standard InChI is InChI=1S/C21H23N5OS2/c27-20(26-12-10-25(11-13-26)15-18-7-4-14-28-18)16-29-21-22-19(23-24-21)9-8-17-5-2-1-3-6-17/h1-9,14H,10-13,15-16H2,(H,22,23,24). The number of carbonyl (C=O) groups is 1. The summed E-state index contributed by atoms with van der Waals surface area (Å²) in [7, 11) is 0. The van der Waals surface area contributed by atoms with Crippen LogP contribution in [0.2, 0.25) is 0 Å². The van der Waals surface area contributed by atoms with Crippen LogP contribution >= 0.6 is 23.1 Å². The number of nitrogens with zero attached hydrogens (tertiary/aromatic N) is 4. The molecule has 0 saturated carbocycles. The van der Waals surface area contributed by atoms with E-state index in [1.54, 1.807) is 11.3 Å². The first-order valence-corrected chi connectivity index (χ1v) is 11.4. The Balaban J connectivity index is 1.21. The number of hydrogen-bond acceptors (Lipinski definition) is 6. The van der Waals surface area contributed by atoms with Crippen molar-refractivity contribution in [1.82, 2.24) is 25.0 Å². The third-order valence-electron chi connectivity index (χ3n) is 4.72. The Labute approximate surface area is 178 Å². The van der Waals surface area contributed by atoms with Crippen molar-refractivity contribution in [3.63, 3.8) is 0 Å². The van der Waals surface area contributed by atoms with Crippen molar-refractivity contribution < 1.29 is 4.79 Å². The van der Waals surface area contributed by atoms with Gasteiger partial charge in [0.25, 0.3) is 0 Å². The number of H-pyrrole nitrogens is 1. The van der Waals surface area contributed by atoms with Crippen molar-refractivity contribution in [2.75, 3.05) is 31.9 Å². The van der Waals surface area contributed by atoms with Gasteiger partial charge in [0.1, 0.15) is 5.82 Å². The molecular formula is C21H23N5OS2. The lowest BCUT2D eigenvalue weighted by Gasteiger charge is -2.34. The molecule has 1 aliphatic rings. The van der Waals surface area contributed by atoms with Gasteiger partial charge < -0.3 is 4.90 Å². The van der Waals surface area contributed by atoms with Gasteiger partial charge in [0.05, 0.1) is 5.75 Å². The molecule has 1 amide bonds. The van der Waals surface area contributed by atoms with E-state index in [9.17, 15) is 4.79 Å². The minimum Gasteiger partial charge on any atom is -0.339 e. The van der Waals surface area contributed by atoms with E-state index in [1.165, 1.54) is 16.6 Å². The Morgan fingerprint density at radius 1 is 1.10 bits per heavy atom. The highest BCUT2D eigenvalue weighted by Gasteiger charge is 2.21. The van der Waals surface area contributed by atoms with Crippen LogP contribution in [0.4, 0.5) is 0 Å². The maximum absolute atomic E-state index is 12.5. The first-order chi connectivity index (χ1) is 14.3. The molecule has 0 spiro atoms. The second-order valence-electron chi connectivity index (χ2n) is 6.77. The molecule has 8 heteroatoms. The smallest absolute Gasteiger partial charge is 0.233 e. The number of hydrogen-bond donors (Lipinski definition) is 1. The number of thiophene rings is 1. The van der Waals surface area contributed by atoms with E-state index in [-0.39, 0.29) is 5.91 Å². The van der Waals surface area contributed by atoms with Gasteiger partial charge in [-0.05, 0) is 23.1 Å². The quantitative estimate of drug-likeness (QED) is 0.587. The molecule has 150 valence electrons. The van der Waals surface area contributed by atoms with Crippen LogP contribution in [0.5, 0.6) is 0 Å². The molecule has 6 nitrogen and oxygen atoms in total. The van der Waals surface area contributed by atoms with Gasteiger partial charge >= 0.3 is 0 Å². The van der Waals surface area contributed by atoms with E-state index < -0.39 is 0 Å². The van der Waals surface area contributed by atoms with E-state index in [0.29, 0.717) is 16.7 Å². The number of carbonyl (C=O) groups excluding carboxylic acids is 1. The summed E-state index contributed by atoms with van der Waals surface area (Å²) in [6, 6.07) is 14.3. The fourth-order valence-corrected chi connectivity index (χ4v) is 4.59. The van der Waals surface area contributed by atoms with Gasteiger partial charge in [-0.25, -0.2) is 4.98 Å². The molecule has 2 aromatic heterocycles. The zero-order chi connectivity index (χ0) is 19.9. The molecule has 1 aromatic carbocycles. The summed E-state index contributed by atoms with van der Waals surface area (Å²) in [5.41, 5.74) is 1.10. The number of piperazine rings is 1. The molecule has 4 rings (SSSR count). The fourth-order valence-electron chi connectivity index (χ4n) is 3.13. The summed E-state index contributed by atoms with van der Waals surface area (Å²) in [6.45, 7) is 4.38. The van der Waals surface area contributed by atoms with E-state index >= 15 is 0 Å². The van der Waals surface area contributed by atoms with Crippen molar-refractivity contribution in [2.24, 2.45) is 0 Å². The summed E-state index contributed by atoms with van der Waals surface area (Å²) in [4.78, 5) is 22.7. The van der Waals surface area contributed by atoms with Crippen LogP contribution in [0, 0.1) is 0 Å². The van der Waals surface area contributed by atoms with Gasteiger partial charge in [-0.3, -0.25) is 14.8 Å². The van der Waals surface area contributed by atoms with Crippen LogP contribution < -0.4 is 0 Å². The molecule has 0 unspecified atom stereocenters. The highest BCUT2D eigenvalue weighted by molar-refractivity contribution is 7.99. The minimum atomic E-state index is 0.150. The third-order valence-corrected chi connectivity index (χ3v) is 6.42. The molecule has 1 aliphatic heterocycles. The molecule has 0 radical (unpaired) electrons. The molecule has 1 saturated heterocycles. The summed E-state index contributed by atoms with van der Waals surface area (Å²) >= 11 is 3.17. The van der Waals surface area contributed by atoms with Gasteiger partial charge in [-0.15, -0.1) is 16.4 Å². The van der Waals surface area contributed by atoms with Crippen molar-refractivity contribution in [3.05, 3.63) is 64.1 Å². The lowest BCUT2D eigenvalue weighted by atomic mass is 10.2. The summed E-state index contributed by atoms with van der Waals surface area (Å²) in [6.07, 6.45) is 3.87. The van der Waals surface area contributed by atoms with E-state index in [2.05, 4.69) is 37.6 Å². The summed E-state index contributed by atoms with van der Waals surface area (Å²) in [5, 5.41) is 9.81. The predicted octanol–water partition coefficient (Wildman–Crippen LogP) is 3.47. The molecule has 0 atom stereocenters. The number of rotatable bonds is 7. The van der Waals surface area contributed by atoms with E-state index in [4.69, 9.17) is 0 Å². The Bertz CT molecular complexity index is 931. The zero-order valence-electron chi connectivity index (χ0n) is 16.0. The minimum absolute atomic E-state index is 0.150. The lowest BCUT2D eigenvalue weighted by molar-refractivity contribution is -0.130. The Morgan fingerprint density at radius 2 is 1.93 bits per heavy atom. The van der Waals surface area contributed by atoms with Crippen LogP contribution in [0.15, 0.2) is 53.0 Å². The second kappa shape index (κ2) is 9.87. The second-order valence-corrected chi connectivity index (χ2v) is 8.75. The normalized spacial score (nSPS) is 15.2. The third kappa shape index (κ3) is 5.79. The van der Waals surface area contributed by atoms with Gasteiger partial charge in [0, 0.05) is 37.6 Å².